The van der Waals surface area contributed by atoms with Crippen LogP contribution < -0.4 is 14.4 Å². The number of aryl methyl sites for hydroxylation is 2. The van der Waals surface area contributed by atoms with Crippen molar-refractivity contribution in [3.63, 3.8) is 0 Å². The number of nitrogens with one attached hydrogen (secondary N) is 1. The van der Waals surface area contributed by atoms with Gasteiger partial charge in [0, 0.05) is 10.0 Å². The molecule has 0 aliphatic carbocycles. The molecule has 1 N–H and O–H groups in total. The van der Waals surface area contributed by atoms with E-state index in [1.54, 1.807) is 30.3 Å². The van der Waals surface area contributed by atoms with E-state index in [2.05, 4.69) is 21.2 Å². The molecule has 1 amide bonds. The average molecular weight is 531 g/mol. The number of carbonyl (C=O) groups excluding carboxylic acids is 1. The zero-order valence-electron chi connectivity index (χ0n) is 18.8. The van der Waals surface area contributed by atoms with Gasteiger partial charge in [-0.25, -0.2) is 8.42 Å². The van der Waals surface area contributed by atoms with E-state index >= 15 is 0 Å². The summed E-state index contributed by atoms with van der Waals surface area (Å²) in [5.41, 5.74) is 3.93. The van der Waals surface area contributed by atoms with Crippen LogP contribution in [-0.2, 0) is 16.6 Å². The molecule has 0 spiro atoms. The Morgan fingerprint density at radius 2 is 1.76 bits per heavy atom. The lowest BCUT2D eigenvalue weighted by Crippen LogP contribution is -2.29. The highest BCUT2D eigenvalue weighted by molar-refractivity contribution is 9.10. The first kappa shape index (κ1) is 24.8. The van der Waals surface area contributed by atoms with Gasteiger partial charge in [0.05, 0.1) is 25.0 Å². The number of hydrogen-bond acceptors (Lipinski definition) is 4. The van der Waals surface area contributed by atoms with Gasteiger partial charge < -0.3 is 10.1 Å². The quantitative estimate of drug-likeness (QED) is 0.401. The maximum absolute atomic E-state index is 12.4. The molecule has 0 radical (unpaired) electrons. The van der Waals surface area contributed by atoms with E-state index < -0.39 is 10.0 Å². The Labute approximate surface area is 203 Å². The molecule has 3 aromatic rings. The van der Waals surface area contributed by atoms with Crippen LogP contribution in [0.4, 0.5) is 5.69 Å². The van der Waals surface area contributed by atoms with Gasteiger partial charge >= 0.3 is 0 Å². The molecule has 8 heteroatoms. The van der Waals surface area contributed by atoms with E-state index in [9.17, 15) is 13.2 Å². The molecule has 6 nitrogen and oxygen atoms in total. The number of halogens is 1. The number of amides is 1. The van der Waals surface area contributed by atoms with Crippen LogP contribution in [0.25, 0.3) is 0 Å². The molecule has 0 unspecified atom stereocenters. The highest BCUT2D eigenvalue weighted by Crippen LogP contribution is 2.26. The van der Waals surface area contributed by atoms with Crippen LogP contribution in [0.5, 0.6) is 5.75 Å². The summed E-state index contributed by atoms with van der Waals surface area (Å²) in [5.74, 6) is 0.558. The maximum atomic E-state index is 12.4. The number of rotatable bonds is 9. The van der Waals surface area contributed by atoms with Crippen molar-refractivity contribution in [2.24, 2.45) is 0 Å². The minimum absolute atomic E-state index is 0.173. The fourth-order valence-electron chi connectivity index (χ4n) is 3.25. The first-order chi connectivity index (χ1) is 15.6. The molecule has 0 aliphatic heterocycles. The van der Waals surface area contributed by atoms with Gasteiger partial charge in [-0.3, -0.25) is 9.10 Å². The normalized spacial score (nSPS) is 11.2. The lowest BCUT2D eigenvalue weighted by atomic mass is 10.1. The molecule has 174 valence electrons. The SMILES string of the molecule is Cc1cccc(OCCNC(=O)c2ccc(CN(c3ccc(Br)c(C)c3)S(C)(=O)=O)cc2)c1. The van der Waals surface area contributed by atoms with E-state index in [1.165, 1.54) is 10.6 Å². The summed E-state index contributed by atoms with van der Waals surface area (Å²) in [5, 5.41) is 2.83. The van der Waals surface area contributed by atoms with E-state index in [1.807, 2.05) is 50.2 Å². The summed E-state index contributed by atoms with van der Waals surface area (Å²) < 4.78 is 32.7. The molecular weight excluding hydrogens is 504 g/mol. The molecule has 0 bridgehead atoms. The second-order valence-corrected chi connectivity index (χ2v) is 10.6. The summed E-state index contributed by atoms with van der Waals surface area (Å²) in [7, 11) is -3.49. The lowest BCUT2D eigenvalue weighted by Gasteiger charge is -2.23. The second-order valence-electron chi connectivity index (χ2n) is 7.82. The third kappa shape index (κ3) is 7.07. The minimum Gasteiger partial charge on any atom is -0.492 e. The van der Waals surface area contributed by atoms with Crippen molar-refractivity contribution in [3.05, 3.63) is 93.5 Å². The molecular formula is C25H27BrN2O4S. The van der Waals surface area contributed by atoms with Crippen LogP contribution in [0.3, 0.4) is 0 Å². The van der Waals surface area contributed by atoms with Crippen LogP contribution in [0.1, 0.15) is 27.0 Å². The molecule has 0 saturated heterocycles. The van der Waals surface area contributed by atoms with Gasteiger partial charge in [0.25, 0.3) is 5.91 Å². The Balaban J connectivity index is 1.59. The fraction of sp³-hybridized carbons (Fsp3) is 0.240. The number of carbonyl (C=O) groups is 1. The zero-order chi connectivity index (χ0) is 24.0. The van der Waals surface area contributed by atoms with Gasteiger partial charge in [-0.15, -0.1) is 0 Å². The van der Waals surface area contributed by atoms with Gasteiger partial charge in [-0.05, 0) is 73.0 Å². The summed E-state index contributed by atoms with van der Waals surface area (Å²) in [6.45, 7) is 4.81. The standard InChI is InChI=1S/C25H27BrN2O4S/c1-18-5-4-6-23(15-18)32-14-13-27-25(29)21-9-7-20(8-10-21)17-28(33(3,30)31)22-11-12-24(26)19(2)16-22/h4-12,15-16H,13-14,17H2,1-3H3,(H,27,29). The molecule has 0 heterocycles. The monoisotopic (exact) mass is 530 g/mol. The predicted octanol–water partition coefficient (Wildman–Crippen LogP) is 4.84. The van der Waals surface area contributed by atoms with E-state index in [0.29, 0.717) is 24.4 Å². The average Bonchev–Trinajstić information content (AvgIpc) is 2.76. The third-order valence-corrected chi connectivity index (χ3v) is 7.05. The van der Waals surface area contributed by atoms with Crippen molar-refractivity contribution in [1.82, 2.24) is 5.32 Å². The Kier molecular flexibility index (Phi) is 8.15. The first-order valence-corrected chi connectivity index (χ1v) is 13.1. The highest BCUT2D eigenvalue weighted by Gasteiger charge is 2.19. The Morgan fingerprint density at radius 1 is 1.03 bits per heavy atom. The lowest BCUT2D eigenvalue weighted by molar-refractivity contribution is 0.0947. The third-order valence-electron chi connectivity index (χ3n) is 5.02. The number of benzene rings is 3. The number of anilines is 1. The van der Waals surface area contributed by atoms with Crippen LogP contribution in [-0.4, -0.2) is 33.7 Å². The molecule has 0 fully saturated rings. The smallest absolute Gasteiger partial charge is 0.251 e. The van der Waals surface area contributed by atoms with Gasteiger partial charge in [-0.2, -0.15) is 0 Å². The Hall–Kier alpha value is -2.84. The Morgan fingerprint density at radius 3 is 2.39 bits per heavy atom. The van der Waals surface area contributed by atoms with Crippen LogP contribution >= 0.6 is 15.9 Å². The van der Waals surface area contributed by atoms with Crippen LogP contribution in [0.2, 0.25) is 0 Å². The number of ether oxygens (including phenoxy) is 1. The van der Waals surface area contributed by atoms with Crippen molar-refractivity contribution in [2.45, 2.75) is 20.4 Å². The van der Waals surface area contributed by atoms with Gasteiger partial charge in [0.1, 0.15) is 12.4 Å². The Bertz CT molecular complexity index is 1230. The topological polar surface area (TPSA) is 75.7 Å². The van der Waals surface area contributed by atoms with Gasteiger partial charge in [0.2, 0.25) is 10.0 Å². The molecule has 0 saturated carbocycles. The number of hydrogen-bond donors (Lipinski definition) is 1. The summed E-state index contributed by atoms with van der Waals surface area (Å²) in [6.07, 6.45) is 1.19. The van der Waals surface area contributed by atoms with Gasteiger partial charge in [0.15, 0.2) is 0 Å². The van der Waals surface area contributed by atoms with Gasteiger partial charge in [-0.1, -0.05) is 40.2 Å². The molecule has 3 rings (SSSR count). The van der Waals surface area contributed by atoms with Crippen molar-refractivity contribution < 1.29 is 17.9 Å². The van der Waals surface area contributed by atoms with E-state index in [0.717, 1.165) is 26.9 Å². The van der Waals surface area contributed by atoms with Crippen LogP contribution in [0.15, 0.2) is 71.2 Å². The minimum atomic E-state index is -3.49. The zero-order valence-corrected chi connectivity index (χ0v) is 21.2. The fourth-order valence-corrected chi connectivity index (χ4v) is 4.38. The summed E-state index contributed by atoms with van der Waals surface area (Å²) in [6, 6.07) is 20.1. The first-order valence-electron chi connectivity index (χ1n) is 10.4. The second kappa shape index (κ2) is 10.9. The molecule has 3 aromatic carbocycles. The summed E-state index contributed by atoms with van der Waals surface area (Å²) >= 11 is 3.44. The molecule has 33 heavy (non-hydrogen) atoms. The number of sulfonamides is 1. The highest BCUT2D eigenvalue weighted by atomic mass is 79.9. The number of nitrogens with zero attached hydrogens (tertiary/aromatic N) is 1. The largest absolute Gasteiger partial charge is 0.492 e. The summed E-state index contributed by atoms with van der Waals surface area (Å²) in [4.78, 5) is 12.4. The van der Waals surface area contributed by atoms with E-state index in [-0.39, 0.29) is 12.5 Å². The molecule has 0 aromatic heterocycles. The van der Waals surface area contributed by atoms with Crippen LogP contribution in [0, 0.1) is 13.8 Å². The van der Waals surface area contributed by atoms with Crippen molar-refractivity contribution in [3.8, 4) is 5.75 Å². The molecule has 0 aliphatic rings. The van der Waals surface area contributed by atoms with Crippen molar-refractivity contribution >= 4 is 37.5 Å². The molecule has 0 atom stereocenters. The van der Waals surface area contributed by atoms with Crippen molar-refractivity contribution in [2.75, 3.05) is 23.7 Å². The van der Waals surface area contributed by atoms with Crippen molar-refractivity contribution in [1.29, 1.82) is 0 Å². The predicted molar refractivity (Wildman–Crippen MR) is 135 cm³/mol. The van der Waals surface area contributed by atoms with E-state index in [4.69, 9.17) is 4.74 Å². The maximum Gasteiger partial charge on any atom is 0.251 e.